The van der Waals surface area contributed by atoms with Gasteiger partial charge in [-0.15, -0.1) is 22.9 Å². The van der Waals surface area contributed by atoms with E-state index in [2.05, 4.69) is 45.0 Å². The smallest absolute Gasteiger partial charge is 0.124 e. The van der Waals surface area contributed by atoms with E-state index in [9.17, 15) is 0 Å². The van der Waals surface area contributed by atoms with Gasteiger partial charge in [-0.3, -0.25) is 0 Å². The fraction of sp³-hybridized carbons (Fsp3) is 0.412. The van der Waals surface area contributed by atoms with Crippen molar-refractivity contribution in [3.8, 4) is 5.75 Å². The molecule has 0 N–H and O–H groups in total. The van der Waals surface area contributed by atoms with E-state index in [0.29, 0.717) is 0 Å². The molecule has 106 valence electrons. The molecule has 2 atom stereocenters. The lowest BCUT2D eigenvalue weighted by Crippen LogP contribution is -2.18. The highest BCUT2D eigenvalue weighted by Gasteiger charge is 2.31. The summed E-state index contributed by atoms with van der Waals surface area (Å²) in [5, 5.41) is -0.0801. The zero-order valence-corrected chi connectivity index (χ0v) is 13.6. The van der Waals surface area contributed by atoms with Crippen LogP contribution in [0, 0.1) is 0 Å². The second-order valence-electron chi connectivity index (χ2n) is 6.32. The summed E-state index contributed by atoms with van der Waals surface area (Å²) in [4.78, 5) is 2.57. The number of benzene rings is 1. The minimum absolute atomic E-state index is 0.0422. The molecule has 0 spiro atoms. The Labute approximate surface area is 129 Å². The molecule has 0 amide bonds. The minimum atomic E-state index is -0.0801. The van der Waals surface area contributed by atoms with Gasteiger partial charge in [0.2, 0.25) is 0 Å². The SMILES string of the molecule is CC(C)(C)c1ccc(C(Cl)C2Cc3ccccc3O2)s1. The fourth-order valence-corrected chi connectivity index (χ4v) is 3.90. The zero-order chi connectivity index (χ0) is 14.3. The highest BCUT2D eigenvalue weighted by atomic mass is 35.5. The molecule has 1 aromatic carbocycles. The van der Waals surface area contributed by atoms with Crippen LogP contribution in [0.4, 0.5) is 0 Å². The summed E-state index contributed by atoms with van der Waals surface area (Å²) in [6.45, 7) is 6.69. The van der Waals surface area contributed by atoms with Crippen molar-refractivity contribution < 1.29 is 4.74 Å². The van der Waals surface area contributed by atoms with Gasteiger partial charge in [-0.2, -0.15) is 0 Å². The standard InChI is InChI=1S/C17H19ClOS/c1-17(2,3)15-9-8-14(20-15)16(18)13-10-11-6-4-5-7-12(11)19-13/h4-9,13,16H,10H2,1-3H3. The normalized spacial score (nSPS) is 19.5. The van der Waals surface area contributed by atoms with Gasteiger partial charge in [0, 0.05) is 16.2 Å². The summed E-state index contributed by atoms with van der Waals surface area (Å²) in [6.07, 6.45) is 0.938. The fourth-order valence-electron chi connectivity index (χ4n) is 2.46. The van der Waals surface area contributed by atoms with Gasteiger partial charge >= 0.3 is 0 Å². The van der Waals surface area contributed by atoms with Gasteiger partial charge in [0.15, 0.2) is 0 Å². The predicted octanol–water partition coefficient (Wildman–Crippen LogP) is 5.33. The van der Waals surface area contributed by atoms with Gasteiger partial charge in [0.1, 0.15) is 17.2 Å². The van der Waals surface area contributed by atoms with Gasteiger partial charge < -0.3 is 4.74 Å². The van der Waals surface area contributed by atoms with Crippen LogP contribution in [0.15, 0.2) is 36.4 Å². The summed E-state index contributed by atoms with van der Waals surface area (Å²) >= 11 is 8.45. The first kappa shape index (κ1) is 14.0. The molecule has 1 aliphatic rings. The van der Waals surface area contributed by atoms with Crippen LogP contribution in [0.1, 0.15) is 41.5 Å². The predicted molar refractivity (Wildman–Crippen MR) is 86.2 cm³/mol. The van der Waals surface area contributed by atoms with Gasteiger partial charge in [0.25, 0.3) is 0 Å². The molecule has 0 bridgehead atoms. The first-order valence-corrected chi connectivity index (χ1v) is 8.19. The van der Waals surface area contributed by atoms with E-state index in [1.54, 1.807) is 11.3 Å². The maximum absolute atomic E-state index is 6.65. The molecule has 0 radical (unpaired) electrons. The largest absolute Gasteiger partial charge is 0.488 e. The molecule has 1 nitrogen and oxygen atoms in total. The van der Waals surface area contributed by atoms with Gasteiger partial charge in [-0.25, -0.2) is 0 Å². The number of ether oxygens (including phenoxy) is 1. The van der Waals surface area contributed by atoms with E-state index >= 15 is 0 Å². The van der Waals surface area contributed by atoms with Gasteiger partial charge in [0.05, 0.1) is 0 Å². The van der Waals surface area contributed by atoms with E-state index in [1.165, 1.54) is 15.3 Å². The van der Waals surface area contributed by atoms with Crippen molar-refractivity contribution in [1.29, 1.82) is 0 Å². The molecule has 1 aliphatic heterocycles. The molecule has 20 heavy (non-hydrogen) atoms. The highest BCUT2D eigenvalue weighted by molar-refractivity contribution is 7.12. The van der Waals surface area contributed by atoms with Crippen molar-refractivity contribution in [2.75, 3.05) is 0 Å². The average Bonchev–Trinajstić information content (AvgIpc) is 3.04. The molecular formula is C17H19ClOS. The van der Waals surface area contributed by atoms with E-state index in [1.807, 2.05) is 12.1 Å². The van der Waals surface area contributed by atoms with Crippen molar-refractivity contribution in [2.45, 2.75) is 44.1 Å². The lowest BCUT2D eigenvalue weighted by molar-refractivity contribution is 0.228. The number of halogens is 1. The molecule has 0 saturated carbocycles. The molecule has 2 unspecified atom stereocenters. The van der Waals surface area contributed by atoms with Crippen LogP contribution >= 0.6 is 22.9 Å². The van der Waals surface area contributed by atoms with Crippen LogP contribution in [0.5, 0.6) is 5.75 Å². The maximum atomic E-state index is 6.65. The van der Waals surface area contributed by atoms with Gasteiger partial charge in [-0.1, -0.05) is 39.0 Å². The summed E-state index contributed by atoms with van der Waals surface area (Å²) in [6, 6.07) is 12.5. The lowest BCUT2D eigenvalue weighted by atomic mass is 9.95. The Kier molecular flexibility index (Phi) is 3.55. The number of hydrogen-bond acceptors (Lipinski definition) is 2. The molecule has 3 heteroatoms. The van der Waals surface area contributed by atoms with Crippen LogP contribution in [-0.2, 0) is 11.8 Å². The molecular weight excluding hydrogens is 288 g/mol. The minimum Gasteiger partial charge on any atom is -0.488 e. The first-order valence-electron chi connectivity index (χ1n) is 6.94. The Morgan fingerprint density at radius 3 is 2.60 bits per heavy atom. The molecule has 3 rings (SSSR count). The number of thiophene rings is 1. The van der Waals surface area contributed by atoms with E-state index in [0.717, 1.165) is 12.2 Å². The van der Waals surface area contributed by atoms with Crippen molar-refractivity contribution >= 4 is 22.9 Å². The average molecular weight is 307 g/mol. The monoisotopic (exact) mass is 306 g/mol. The first-order chi connectivity index (χ1) is 9.45. The highest BCUT2D eigenvalue weighted by Crippen LogP contribution is 2.41. The quantitative estimate of drug-likeness (QED) is 0.681. The van der Waals surface area contributed by atoms with Crippen LogP contribution in [0.25, 0.3) is 0 Å². The van der Waals surface area contributed by atoms with Crippen LogP contribution in [-0.4, -0.2) is 6.10 Å². The second kappa shape index (κ2) is 5.09. The summed E-state index contributed by atoms with van der Waals surface area (Å²) in [7, 11) is 0. The number of alkyl halides is 1. The van der Waals surface area contributed by atoms with Crippen LogP contribution in [0.2, 0.25) is 0 Å². The van der Waals surface area contributed by atoms with Gasteiger partial charge in [-0.05, 0) is 29.2 Å². The number of rotatable bonds is 2. The van der Waals surface area contributed by atoms with Crippen LogP contribution in [0.3, 0.4) is 0 Å². The number of para-hydroxylation sites is 1. The maximum Gasteiger partial charge on any atom is 0.124 e. The lowest BCUT2D eigenvalue weighted by Gasteiger charge is -2.17. The zero-order valence-electron chi connectivity index (χ0n) is 12.0. The van der Waals surface area contributed by atoms with E-state index < -0.39 is 0 Å². The molecule has 2 heterocycles. The Bertz CT molecular complexity index is 586. The number of fused-ring (bicyclic) bond motifs is 1. The summed E-state index contributed by atoms with van der Waals surface area (Å²) < 4.78 is 5.99. The molecule has 0 saturated heterocycles. The Balaban J connectivity index is 1.78. The summed E-state index contributed by atoms with van der Waals surface area (Å²) in [5.74, 6) is 0.982. The Hall–Kier alpha value is -0.990. The molecule has 1 aromatic heterocycles. The molecule has 0 fully saturated rings. The van der Waals surface area contributed by atoms with E-state index in [-0.39, 0.29) is 16.9 Å². The van der Waals surface area contributed by atoms with E-state index in [4.69, 9.17) is 16.3 Å². The summed E-state index contributed by atoms with van der Waals surface area (Å²) in [5.41, 5.74) is 1.44. The van der Waals surface area contributed by atoms with Crippen molar-refractivity contribution in [2.24, 2.45) is 0 Å². The molecule has 0 aliphatic carbocycles. The topological polar surface area (TPSA) is 9.23 Å². The third-order valence-corrected chi connectivity index (χ3v) is 5.88. The second-order valence-corrected chi connectivity index (χ2v) is 7.91. The third kappa shape index (κ3) is 2.59. The van der Waals surface area contributed by atoms with Crippen molar-refractivity contribution in [3.63, 3.8) is 0 Å². The van der Waals surface area contributed by atoms with Crippen LogP contribution < -0.4 is 4.74 Å². The molecule has 2 aromatic rings. The Morgan fingerprint density at radius 2 is 1.95 bits per heavy atom. The van der Waals surface area contributed by atoms with Crippen molar-refractivity contribution in [1.82, 2.24) is 0 Å². The number of hydrogen-bond donors (Lipinski definition) is 0. The van der Waals surface area contributed by atoms with Crippen molar-refractivity contribution in [3.05, 3.63) is 51.7 Å². The third-order valence-electron chi connectivity index (χ3n) is 3.64. The Morgan fingerprint density at radius 1 is 1.20 bits per heavy atom.